The Labute approximate surface area is 128 Å². The van der Waals surface area contributed by atoms with Crippen molar-refractivity contribution in [1.82, 2.24) is 9.97 Å². The van der Waals surface area contributed by atoms with Crippen molar-refractivity contribution < 1.29 is 4.74 Å². The smallest absolute Gasteiger partial charge is 0.159 e. The molecule has 0 aliphatic carbocycles. The van der Waals surface area contributed by atoms with Crippen molar-refractivity contribution in [3.05, 3.63) is 41.1 Å². The van der Waals surface area contributed by atoms with Crippen LogP contribution in [0.3, 0.4) is 0 Å². The van der Waals surface area contributed by atoms with Crippen LogP contribution in [0.5, 0.6) is 5.75 Å². The zero-order chi connectivity index (χ0) is 14.2. The molecule has 4 heteroatoms. The normalized spacial score (nSPS) is 10.5. The molecule has 0 bridgehead atoms. The summed E-state index contributed by atoms with van der Waals surface area (Å²) in [6, 6.07) is 7.93. The number of hydrogen-bond acceptors (Lipinski definition) is 3. The molecule has 0 spiro atoms. The maximum absolute atomic E-state index is 5.71. The van der Waals surface area contributed by atoms with Crippen LogP contribution in [0.15, 0.2) is 41.1 Å². The lowest BCUT2D eigenvalue weighted by molar-refractivity contribution is 0.305. The van der Waals surface area contributed by atoms with Crippen LogP contribution in [0.1, 0.15) is 32.6 Å². The van der Waals surface area contributed by atoms with E-state index in [0.29, 0.717) is 0 Å². The van der Waals surface area contributed by atoms with E-state index in [-0.39, 0.29) is 0 Å². The number of ether oxygens (including phenoxy) is 1. The third-order valence-electron chi connectivity index (χ3n) is 3.00. The van der Waals surface area contributed by atoms with Crippen LogP contribution in [0.2, 0.25) is 0 Å². The molecule has 0 aliphatic heterocycles. The molecular weight excluding hydrogens is 316 g/mol. The largest absolute Gasteiger partial charge is 0.494 e. The number of hydrogen-bond donors (Lipinski definition) is 0. The van der Waals surface area contributed by atoms with E-state index in [9.17, 15) is 0 Å². The van der Waals surface area contributed by atoms with E-state index in [4.69, 9.17) is 4.74 Å². The highest BCUT2D eigenvalue weighted by Gasteiger charge is 2.01. The molecule has 0 fully saturated rings. The summed E-state index contributed by atoms with van der Waals surface area (Å²) < 4.78 is 6.60. The summed E-state index contributed by atoms with van der Waals surface area (Å²) >= 11 is 3.33. The van der Waals surface area contributed by atoms with Gasteiger partial charge in [0, 0.05) is 18.0 Å². The molecule has 0 unspecified atom stereocenters. The summed E-state index contributed by atoms with van der Waals surface area (Å²) in [6.45, 7) is 3.00. The third kappa shape index (κ3) is 4.60. The molecule has 0 amide bonds. The maximum atomic E-state index is 5.71. The summed E-state index contributed by atoms with van der Waals surface area (Å²) in [5.74, 6) is 1.63. The van der Waals surface area contributed by atoms with Gasteiger partial charge in [-0.05, 0) is 46.6 Å². The SMILES string of the molecule is CCCCCCOc1ccc(-c2ncc(Br)cn2)cc1. The zero-order valence-corrected chi connectivity index (χ0v) is 13.3. The Kier molecular flexibility index (Phi) is 5.99. The van der Waals surface area contributed by atoms with E-state index in [1.807, 2.05) is 24.3 Å². The van der Waals surface area contributed by atoms with E-state index in [1.54, 1.807) is 12.4 Å². The first kappa shape index (κ1) is 15.0. The molecule has 3 nitrogen and oxygen atoms in total. The second-order valence-corrected chi connectivity index (χ2v) is 5.57. The van der Waals surface area contributed by atoms with Crippen molar-refractivity contribution in [3.63, 3.8) is 0 Å². The van der Waals surface area contributed by atoms with Crippen LogP contribution in [-0.4, -0.2) is 16.6 Å². The van der Waals surface area contributed by atoms with Gasteiger partial charge in [-0.15, -0.1) is 0 Å². The summed E-state index contributed by atoms with van der Waals surface area (Å²) in [5, 5.41) is 0. The van der Waals surface area contributed by atoms with Crippen LogP contribution in [0, 0.1) is 0 Å². The Balaban J connectivity index is 1.88. The molecular formula is C16H19BrN2O. The standard InChI is InChI=1S/C16H19BrN2O/c1-2-3-4-5-10-20-15-8-6-13(7-9-15)16-18-11-14(17)12-19-16/h6-9,11-12H,2-5,10H2,1H3. The van der Waals surface area contributed by atoms with Crippen LogP contribution < -0.4 is 4.74 Å². The number of nitrogens with zero attached hydrogens (tertiary/aromatic N) is 2. The predicted octanol–water partition coefficient (Wildman–Crippen LogP) is 4.87. The van der Waals surface area contributed by atoms with Gasteiger partial charge in [-0.3, -0.25) is 0 Å². The predicted molar refractivity (Wildman–Crippen MR) is 84.8 cm³/mol. The van der Waals surface area contributed by atoms with Crippen LogP contribution >= 0.6 is 15.9 Å². The van der Waals surface area contributed by atoms with Crippen LogP contribution in [0.4, 0.5) is 0 Å². The lowest BCUT2D eigenvalue weighted by Crippen LogP contribution is -1.97. The summed E-state index contributed by atoms with van der Waals surface area (Å²) in [5.41, 5.74) is 0.996. The third-order valence-corrected chi connectivity index (χ3v) is 3.41. The van der Waals surface area contributed by atoms with Crippen LogP contribution in [-0.2, 0) is 0 Å². The first-order valence-corrected chi connectivity index (χ1v) is 7.79. The minimum Gasteiger partial charge on any atom is -0.494 e. The molecule has 1 aromatic carbocycles. The molecule has 2 aromatic rings. The molecule has 0 N–H and O–H groups in total. The highest BCUT2D eigenvalue weighted by atomic mass is 79.9. The fourth-order valence-electron chi connectivity index (χ4n) is 1.88. The Bertz CT molecular complexity index is 511. The average molecular weight is 335 g/mol. The van der Waals surface area contributed by atoms with Gasteiger partial charge >= 0.3 is 0 Å². The van der Waals surface area contributed by atoms with Crippen molar-refractivity contribution in [2.75, 3.05) is 6.61 Å². The van der Waals surface area contributed by atoms with E-state index in [0.717, 1.165) is 34.6 Å². The zero-order valence-electron chi connectivity index (χ0n) is 11.7. The van der Waals surface area contributed by atoms with E-state index >= 15 is 0 Å². The average Bonchev–Trinajstić information content (AvgIpc) is 2.49. The molecule has 0 saturated heterocycles. The molecule has 0 radical (unpaired) electrons. The first-order chi connectivity index (χ1) is 9.79. The maximum Gasteiger partial charge on any atom is 0.159 e. The lowest BCUT2D eigenvalue weighted by atomic mass is 10.2. The van der Waals surface area contributed by atoms with Gasteiger partial charge in [0.1, 0.15) is 5.75 Å². The molecule has 0 atom stereocenters. The summed E-state index contributed by atoms with van der Waals surface area (Å²) in [7, 11) is 0. The highest BCUT2D eigenvalue weighted by molar-refractivity contribution is 9.10. The second-order valence-electron chi connectivity index (χ2n) is 4.66. The van der Waals surface area contributed by atoms with Crippen molar-refractivity contribution in [1.29, 1.82) is 0 Å². The highest BCUT2D eigenvalue weighted by Crippen LogP contribution is 2.20. The number of rotatable bonds is 7. The Hall–Kier alpha value is -1.42. The van der Waals surface area contributed by atoms with Gasteiger partial charge in [0.05, 0.1) is 11.1 Å². The van der Waals surface area contributed by atoms with Crippen molar-refractivity contribution >= 4 is 15.9 Å². The molecule has 106 valence electrons. The number of benzene rings is 1. The minimum absolute atomic E-state index is 0.725. The molecule has 0 saturated carbocycles. The quantitative estimate of drug-likeness (QED) is 0.678. The van der Waals surface area contributed by atoms with Gasteiger partial charge in [0.15, 0.2) is 5.82 Å². The van der Waals surface area contributed by atoms with Gasteiger partial charge in [-0.1, -0.05) is 26.2 Å². The fraction of sp³-hybridized carbons (Fsp3) is 0.375. The van der Waals surface area contributed by atoms with Gasteiger partial charge in [-0.2, -0.15) is 0 Å². The van der Waals surface area contributed by atoms with Gasteiger partial charge < -0.3 is 4.74 Å². The van der Waals surface area contributed by atoms with E-state index in [2.05, 4.69) is 32.8 Å². The number of halogens is 1. The minimum atomic E-state index is 0.725. The van der Waals surface area contributed by atoms with Gasteiger partial charge in [0.2, 0.25) is 0 Å². The Morgan fingerprint density at radius 2 is 1.70 bits per heavy atom. The van der Waals surface area contributed by atoms with Gasteiger partial charge in [-0.25, -0.2) is 9.97 Å². The molecule has 1 aromatic heterocycles. The molecule has 20 heavy (non-hydrogen) atoms. The van der Waals surface area contributed by atoms with E-state index < -0.39 is 0 Å². The molecule has 0 aliphatic rings. The topological polar surface area (TPSA) is 35.0 Å². The molecule has 1 heterocycles. The first-order valence-electron chi connectivity index (χ1n) is 7.00. The van der Waals surface area contributed by atoms with Crippen molar-refractivity contribution in [2.24, 2.45) is 0 Å². The van der Waals surface area contributed by atoms with Crippen LogP contribution in [0.25, 0.3) is 11.4 Å². The van der Waals surface area contributed by atoms with Gasteiger partial charge in [0.25, 0.3) is 0 Å². The second kappa shape index (κ2) is 8.00. The van der Waals surface area contributed by atoms with Crippen molar-refractivity contribution in [3.8, 4) is 17.1 Å². The number of aromatic nitrogens is 2. The Morgan fingerprint density at radius 3 is 2.35 bits per heavy atom. The van der Waals surface area contributed by atoms with Crippen molar-refractivity contribution in [2.45, 2.75) is 32.6 Å². The monoisotopic (exact) mass is 334 g/mol. The Morgan fingerprint density at radius 1 is 1.00 bits per heavy atom. The van der Waals surface area contributed by atoms with E-state index in [1.165, 1.54) is 19.3 Å². The lowest BCUT2D eigenvalue weighted by Gasteiger charge is -2.06. The fourth-order valence-corrected chi connectivity index (χ4v) is 2.09. The summed E-state index contributed by atoms with van der Waals surface area (Å²) in [6.07, 6.45) is 8.39. The number of unbranched alkanes of at least 4 members (excludes halogenated alkanes) is 3. The molecule has 2 rings (SSSR count). The summed E-state index contributed by atoms with van der Waals surface area (Å²) in [4.78, 5) is 8.55.